The van der Waals surface area contributed by atoms with E-state index < -0.39 is 0 Å². The van der Waals surface area contributed by atoms with Gasteiger partial charge in [0, 0.05) is 31.0 Å². The van der Waals surface area contributed by atoms with E-state index in [4.69, 9.17) is 4.74 Å². The Kier molecular flexibility index (Phi) is 5.20. The molecule has 18 heavy (non-hydrogen) atoms. The Morgan fingerprint density at radius 3 is 3.11 bits per heavy atom. The van der Waals surface area contributed by atoms with Crippen LogP contribution >= 0.6 is 0 Å². The first-order valence-electron chi connectivity index (χ1n) is 7.20. The summed E-state index contributed by atoms with van der Waals surface area (Å²) in [6.45, 7) is 7.32. The summed E-state index contributed by atoms with van der Waals surface area (Å²) in [6, 6.07) is 0.596. The topological polar surface area (TPSA) is 39.1 Å². The average molecular weight is 251 g/mol. The number of hydrogen-bond acceptors (Lipinski definition) is 3. The first-order valence-corrected chi connectivity index (χ1v) is 7.20. The summed E-state index contributed by atoms with van der Waals surface area (Å²) in [6.07, 6.45) is 8.82. The molecule has 1 aliphatic heterocycles. The fourth-order valence-corrected chi connectivity index (χ4v) is 2.46. The van der Waals surface area contributed by atoms with Crippen LogP contribution in [0.2, 0.25) is 0 Å². The van der Waals surface area contributed by atoms with Gasteiger partial charge in [-0.15, -0.1) is 0 Å². The molecule has 1 aliphatic rings. The number of aromatic nitrogens is 2. The summed E-state index contributed by atoms with van der Waals surface area (Å²) in [5.41, 5.74) is 1.23. The summed E-state index contributed by atoms with van der Waals surface area (Å²) in [5, 5.41) is 7.98. The van der Waals surface area contributed by atoms with E-state index in [0.717, 1.165) is 39.0 Å². The van der Waals surface area contributed by atoms with E-state index in [1.165, 1.54) is 12.0 Å². The zero-order valence-electron chi connectivity index (χ0n) is 11.6. The van der Waals surface area contributed by atoms with Crippen LogP contribution in [0.25, 0.3) is 0 Å². The number of rotatable bonds is 6. The van der Waals surface area contributed by atoms with Gasteiger partial charge < -0.3 is 10.1 Å². The van der Waals surface area contributed by atoms with E-state index in [0.29, 0.717) is 6.04 Å². The van der Waals surface area contributed by atoms with E-state index in [9.17, 15) is 0 Å². The van der Waals surface area contributed by atoms with Crippen LogP contribution in [0.3, 0.4) is 0 Å². The van der Waals surface area contributed by atoms with Crippen molar-refractivity contribution in [3.63, 3.8) is 0 Å². The quantitative estimate of drug-likeness (QED) is 0.844. The summed E-state index contributed by atoms with van der Waals surface area (Å²) in [4.78, 5) is 0. The van der Waals surface area contributed by atoms with Gasteiger partial charge in [-0.05, 0) is 32.2 Å². The van der Waals surface area contributed by atoms with E-state index >= 15 is 0 Å². The molecule has 4 heteroatoms. The van der Waals surface area contributed by atoms with E-state index in [1.54, 1.807) is 0 Å². The minimum Gasteiger partial charge on any atom is -0.373 e. The van der Waals surface area contributed by atoms with Crippen molar-refractivity contribution in [3.05, 3.63) is 18.0 Å². The largest absolute Gasteiger partial charge is 0.373 e. The SMILES string of the molecule is CCCNC1CCOC(c2cnn(CCC)c2)C1. The molecule has 102 valence electrons. The van der Waals surface area contributed by atoms with Crippen LogP contribution < -0.4 is 5.32 Å². The minimum absolute atomic E-state index is 0.221. The second-order valence-corrected chi connectivity index (χ2v) is 5.07. The molecule has 1 aromatic rings. The van der Waals surface area contributed by atoms with Gasteiger partial charge in [-0.2, -0.15) is 5.10 Å². The van der Waals surface area contributed by atoms with Crippen LogP contribution in [-0.4, -0.2) is 29.0 Å². The summed E-state index contributed by atoms with van der Waals surface area (Å²) in [7, 11) is 0. The van der Waals surface area contributed by atoms with Crippen LogP contribution in [0, 0.1) is 0 Å². The molecule has 0 aromatic carbocycles. The van der Waals surface area contributed by atoms with Crippen LogP contribution in [0.4, 0.5) is 0 Å². The minimum atomic E-state index is 0.221. The predicted octanol–water partition coefficient (Wildman–Crippen LogP) is 2.51. The molecule has 0 amide bonds. The molecule has 1 aromatic heterocycles. The third-order valence-electron chi connectivity index (χ3n) is 3.44. The Morgan fingerprint density at radius 1 is 1.44 bits per heavy atom. The molecule has 2 heterocycles. The van der Waals surface area contributed by atoms with Crippen molar-refractivity contribution in [2.75, 3.05) is 13.2 Å². The number of aryl methyl sites for hydroxylation is 1. The average Bonchev–Trinajstić information content (AvgIpc) is 2.86. The summed E-state index contributed by atoms with van der Waals surface area (Å²) < 4.78 is 7.89. The highest BCUT2D eigenvalue weighted by Gasteiger charge is 2.24. The van der Waals surface area contributed by atoms with Crippen molar-refractivity contribution in [3.8, 4) is 0 Å². The smallest absolute Gasteiger partial charge is 0.0870 e. The van der Waals surface area contributed by atoms with Crippen molar-refractivity contribution >= 4 is 0 Å². The van der Waals surface area contributed by atoms with Gasteiger partial charge in [-0.3, -0.25) is 4.68 Å². The molecular formula is C14H25N3O. The fraction of sp³-hybridized carbons (Fsp3) is 0.786. The highest BCUT2D eigenvalue weighted by Crippen LogP contribution is 2.27. The lowest BCUT2D eigenvalue weighted by molar-refractivity contribution is 0.000304. The molecule has 0 saturated carbocycles. The van der Waals surface area contributed by atoms with Gasteiger partial charge in [0.05, 0.1) is 12.3 Å². The van der Waals surface area contributed by atoms with Crippen LogP contribution in [-0.2, 0) is 11.3 Å². The van der Waals surface area contributed by atoms with Gasteiger partial charge in [0.15, 0.2) is 0 Å². The van der Waals surface area contributed by atoms with Gasteiger partial charge in [0.25, 0.3) is 0 Å². The van der Waals surface area contributed by atoms with Crippen molar-refractivity contribution in [2.45, 2.75) is 58.2 Å². The van der Waals surface area contributed by atoms with Crippen molar-refractivity contribution in [1.82, 2.24) is 15.1 Å². The lowest BCUT2D eigenvalue weighted by atomic mass is 9.99. The second-order valence-electron chi connectivity index (χ2n) is 5.07. The Labute approximate surface area is 110 Å². The molecule has 2 rings (SSSR count). The molecule has 0 spiro atoms. The fourth-order valence-electron chi connectivity index (χ4n) is 2.46. The number of nitrogens with one attached hydrogen (secondary N) is 1. The van der Waals surface area contributed by atoms with Crippen molar-refractivity contribution in [2.24, 2.45) is 0 Å². The van der Waals surface area contributed by atoms with Crippen LogP contribution in [0.15, 0.2) is 12.4 Å². The van der Waals surface area contributed by atoms with Crippen molar-refractivity contribution < 1.29 is 4.74 Å². The Bertz CT molecular complexity index is 351. The summed E-state index contributed by atoms with van der Waals surface area (Å²) in [5.74, 6) is 0. The Hall–Kier alpha value is -0.870. The molecule has 4 nitrogen and oxygen atoms in total. The number of ether oxygens (including phenoxy) is 1. The van der Waals surface area contributed by atoms with Gasteiger partial charge in [0.2, 0.25) is 0 Å². The van der Waals surface area contributed by atoms with Crippen LogP contribution in [0.5, 0.6) is 0 Å². The zero-order chi connectivity index (χ0) is 12.8. The highest BCUT2D eigenvalue weighted by atomic mass is 16.5. The normalized spacial score (nSPS) is 24.3. The molecule has 2 atom stereocenters. The Balaban J connectivity index is 1.90. The number of hydrogen-bond donors (Lipinski definition) is 1. The molecule has 2 unspecified atom stereocenters. The van der Waals surface area contributed by atoms with Gasteiger partial charge in [0.1, 0.15) is 0 Å². The Morgan fingerprint density at radius 2 is 2.33 bits per heavy atom. The van der Waals surface area contributed by atoms with Gasteiger partial charge >= 0.3 is 0 Å². The van der Waals surface area contributed by atoms with Gasteiger partial charge in [-0.1, -0.05) is 13.8 Å². The van der Waals surface area contributed by atoms with E-state index in [1.807, 2.05) is 10.9 Å². The molecular weight excluding hydrogens is 226 g/mol. The first-order chi connectivity index (χ1) is 8.83. The lowest BCUT2D eigenvalue weighted by Crippen LogP contribution is -2.36. The maximum atomic E-state index is 5.87. The maximum absolute atomic E-state index is 5.87. The van der Waals surface area contributed by atoms with E-state index in [2.05, 4.69) is 30.5 Å². The number of nitrogens with zero attached hydrogens (tertiary/aromatic N) is 2. The highest BCUT2D eigenvalue weighted by molar-refractivity contribution is 5.09. The third kappa shape index (κ3) is 3.56. The monoisotopic (exact) mass is 251 g/mol. The molecule has 0 bridgehead atoms. The zero-order valence-corrected chi connectivity index (χ0v) is 11.6. The first kappa shape index (κ1) is 13.6. The molecule has 0 radical (unpaired) electrons. The predicted molar refractivity (Wildman–Crippen MR) is 72.5 cm³/mol. The molecule has 1 N–H and O–H groups in total. The molecule has 0 aliphatic carbocycles. The third-order valence-corrected chi connectivity index (χ3v) is 3.44. The maximum Gasteiger partial charge on any atom is 0.0870 e. The van der Waals surface area contributed by atoms with Gasteiger partial charge in [-0.25, -0.2) is 0 Å². The molecule has 1 saturated heterocycles. The second kappa shape index (κ2) is 6.90. The standard InChI is InChI=1S/C14H25N3O/c1-3-6-15-13-5-8-18-14(9-13)12-10-16-17(11-12)7-4-2/h10-11,13-15H,3-9H2,1-2H3. The van der Waals surface area contributed by atoms with E-state index in [-0.39, 0.29) is 6.10 Å². The lowest BCUT2D eigenvalue weighted by Gasteiger charge is -2.29. The van der Waals surface area contributed by atoms with Crippen molar-refractivity contribution in [1.29, 1.82) is 0 Å². The summed E-state index contributed by atoms with van der Waals surface area (Å²) >= 11 is 0. The van der Waals surface area contributed by atoms with Crippen LogP contribution in [0.1, 0.15) is 51.2 Å². The molecule has 1 fully saturated rings.